The Labute approximate surface area is 77.9 Å². The predicted octanol–water partition coefficient (Wildman–Crippen LogP) is 0.980. The summed E-state index contributed by atoms with van der Waals surface area (Å²) in [5, 5.41) is 0. The number of likely N-dealkylation sites (tertiary alicyclic amines) is 1. The molecule has 1 rings (SSSR count). The second kappa shape index (κ2) is 4.05. The fourth-order valence-electron chi connectivity index (χ4n) is 1.75. The molecule has 0 spiro atoms. The zero-order valence-electron chi connectivity index (χ0n) is 8.29. The summed E-state index contributed by atoms with van der Waals surface area (Å²) in [5.74, 6) is -0.325. The highest BCUT2D eigenvalue weighted by Crippen LogP contribution is 2.23. The number of rotatable bonds is 2. The highest BCUT2D eigenvalue weighted by molar-refractivity contribution is 5.76. The lowest BCUT2D eigenvalue weighted by molar-refractivity contribution is -0.146. The van der Waals surface area contributed by atoms with Crippen LogP contribution in [0.2, 0.25) is 0 Å². The molecule has 0 radical (unpaired) electrons. The second-order valence-electron chi connectivity index (χ2n) is 3.66. The van der Waals surface area contributed by atoms with E-state index in [1.54, 1.807) is 0 Å². The first-order chi connectivity index (χ1) is 6.06. The van der Waals surface area contributed by atoms with Crippen LogP contribution in [0.4, 0.5) is 4.39 Å². The highest BCUT2D eigenvalue weighted by Gasteiger charge is 2.38. The summed E-state index contributed by atoms with van der Waals surface area (Å²) in [6.45, 7) is 4.25. The first-order valence-electron chi connectivity index (χ1n) is 4.54. The molecule has 1 aliphatic heterocycles. The summed E-state index contributed by atoms with van der Waals surface area (Å²) in [4.78, 5) is 13.1. The average molecular weight is 189 g/mol. The molecule has 76 valence electrons. The van der Waals surface area contributed by atoms with Gasteiger partial charge in [-0.2, -0.15) is 0 Å². The monoisotopic (exact) mass is 189 g/mol. The van der Waals surface area contributed by atoms with Crippen molar-refractivity contribution < 1.29 is 13.9 Å². The van der Waals surface area contributed by atoms with Gasteiger partial charge in [0.05, 0.1) is 7.11 Å². The fraction of sp³-hybridized carbons (Fsp3) is 0.889. The molecule has 0 amide bonds. The molecule has 0 saturated carbocycles. The zero-order valence-corrected chi connectivity index (χ0v) is 8.29. The standard InChI is InChI=1S/C9H16FNO2/c1-6(2)11-5-7(10)4-8(11)9(12)13-3/h6-8H,4-5H2,1-3H3/t7-,8-/m0/s1. The van der Waals surface area contributed by atoms with E-state index < -0.39 is 6.17 Å². The van der Waals surface area contributed by atoms with E-state index in [2.05, 4.69) is 4.74 Å². The van der Waals surface area contributed by atoms with Crippen molar-refractivity contribution in [2.24, 2.45) is 0 Å². The summed E-state index contributed by atoms with van der Waals surface area (Å²) in [6, 6.07) is -0.204. The van der Waals surface area contributed by atoms with Crippen LogP contribution >= 0.6 is 0 Å². The number of alkyl halides is 1. The Balaban J connectivity index is 2.66. The third-order valence-corrected chi connectivity index (χ3v) is 2.42. The minimum atomic E-state index is -0.897. The second-order valence-corrected chi connectivity index (χ2v) is 3.66. The largest absolute Gasteiger partial charge is 0.468 e. The van der Waals surface area contributed by atoms with Crippen LogP contribution in [0.5, 0.6) is 0 Å². The van der Waals surface area contributed by atoms with Crippen molar-refractivity contribution in [3.63, 3.8) is 0 Å². The molecule has 1 heterocycles. The summed E-state index contributed by atoms with van der Waals surface area (Å²) in [6.07, 6.45) is -0.628. The Kier molecular flexibility index (Phi) is 3.25. The molecular weight excluding hydrogens is 173 g/mol. The van der Waals surface area contributed by atoms with Crippen LogP contribution in [-0.4, -0.2) is 42.8 Å². The van der Waals surface area contributed by atoms with Crippen LogP contribution in [-0.2, 0) is 9.53 Å². The third kappa shape index (κ3) is 2.18. The predicted molar refractivity (Wildman–Crippen MR) is 47.2 cm³/mol. The molecule has 0 aliphatic carbocycles. The van der Waals surface area contributed by atoms with Gasteiger partial charge >= 0.3 is 5.97 Å². The van der Waals surface area contributed by atoms with Crippen LogP contribution in [0.3, 0.4) is 0 Å². The van der Waals surface area contributed by atoms with Gasteiger partial charge in [-0.1, -0.05) is 0 Å². The van der Waals surface area contributed by atoms with Crippen molar-refractivity contribution in [3.8, 4) is 0 Å². The van der Waals surface area contributed by atoms with Gasteiger partial charge < -0.3 is 4.74 Å². The van der Waals surface area contributed by atoms with Gasteiger partial charge in [0.15, 0.2) is 0 Å². The molecule has 0 aromatic heterocycles. The quantitative estimate of drug-likeness (QED) is 0.606. The number of methoxy groups -OCH3 is 1. The molecule has 0 unspecified atom stereocenters. The van der Waals surface area contributed by atoms with E-state index in [0.29, 0.717) is 6.54 Å². The summed E-state index contributed by atoms with van der Waals surface area (Å²) < 4.78 is 17.6. The molecule has 13 heavy (non-hydrogen) atoms. The lowest BCUT2D eigenvalue weighted by Crippen LogP contribution is -2.41. The third-order valence-electron chi connectivity index (χ3n) is 2.42. The maximum absolute atomic E-state index is 13.0. The number of esters is 1. The number of ether oxygens (including phenoxy) is 1. The van der Waals surface area contributed by atoms with Crippen LogP contribution in [0.1, 0.15) is 20.3 Å². The Morgan fingerprint density at radius 3 is 2.69 bits per heavy atom. The molecule has 1 fully saturated rings. The molecule has 2 atom stereocenters. The first-order valence-corrected chi connectivity index (χ1v) is 4.54. The Bertz CT molecular complexity index is 196. The highest BCUT2D eigenvalue weighted by atomic mass is 19.1. The van der Waals surface area contributed by atoms with Gasteiger partial charge in [-0.15, -0.1) is 0 Å². The van der Waals surface area contributed by atoms with E-state index in [1.807, 2.05) is 18.7 Å². The van der Waals surface area contributed by atoms with Crippen molar-refractivity contribution in [2.45, 2.75) is 38.5 Å². The summed E-state index contributed by atoms with van der Waals surface area (Å²) >= 11 is 0. The van der Waals surface area contributed by atoms with Gasteiger partial charge in [-0.25, -0.2) is 4.39 Å². The van der Waals surface area contributed by atoms with Crippen molar-refractivity contribution in [3.05, 3.63) is 0 Å². The molecule has 0 bridgehead atoms. The number of hydrogen-bond donors (Lipinski definition) is 0. The van der Waals surface area contributed by atoms with E-state index >= 15 is 0 Å². The number of halogens is 1. The minimum absolute atomic E-state index is 0.185. The minimum Gasteiger partial charge on any atom is -0.468 e. The van der Waals surface area contributed by atoms with Gasteiger partial charge in [-0.3, -0.25) is 9.69 Å². The molecule has 1 saturated heterocycles. The molecular formula is C9H16FNO2. The smallest absolute Gasteiger partial charge is 0.323 e. The molecule has 0 aromatic rings. The van der Waals surface area contributed by atoms with E-state index in [4.69, 9.17) is 0 Å². The first kappa shape index (κ1) is 10.4. The molecule has 3 nitrogen and oxygen atoms in total. The molecule has 0 N–H and O–H groups in total. The lowest BCUT2D eigenvalue weighted by Gasteiger charge is -2.25. The SMILES string of the molecule is COC(=O)[C@@H]1C[C@H](F)CN1C(C)C. The molecule has 1 aliphatic rings. The molecule has 4 heteroatoms. The summed E-state index contributed by atoms with van der Waals surface area (Å²) in [7, 11) is 1.34. The van der Waals surface area contributed by atoms with Crippen LogP contribution in [0.15, 0.2) is 0 Å². The maximum Gasteiger partial charge on any atom is 0.323 e. The van der Waals surface area contributed by atoms with Gasteiger partial charge in [0.1, 0.15) is 12.2 Å². The normalized spacial score (nSPS) is 29.6. The van der Waals surface area contributed by atoms with E-state index in [1.165, 1.54) is 7.11 Å². The lowest BCUT2D eigenvalue weighted by atomic mass is 10.2. The Morgan fingerprint density at radius 2 is 2.23 bits per heavy atom. The Hall–Kier alpha value is -0.640. The van der Waals surface area contributed by atoms with Crippen LogP contribution < -0.4 is 0 Å². The summed E-state index contributed by atoms with van der Waals surface area (Å²) in [5.41, 5.74) is 0. The number of carbonyl (C=O) groups is 1. The van der Waals surface area contributed by atoms with Gasteiger partial charge in [0.2, 0.25) is 0 Å². The number of nitrogens with zero attached hydrogens (tertiary/aromatic N) is 1. The van der Waals surface area contributed by atoms with Gasteiger partial charge in [0, 0.05) is 19.0 Å². The van der Waals surface area contributed by atoms with Crippen molar-refractivity contribution >= 4 is 5.97 Å². The number of hydrogen-bond acceptors (Lipinski definition) is 3. The van der Waals surface area contributed by atoms with E-state index in [9.17, 15) is 9.18 Å². The topological polar surface area (TPSA) is 29.5 Å². The van der Waals surface area contributed by atoms with Crippen LogP contribution in [0.25, 0.3) is 0 Å². The fourth-order valence-corrected chi connectivity index (χ4v) is 1.75. The number of carbonyl (C=O) groups excluding carboxylic acids is 1. The van der Waals surface area contributed by atoms with E-state index in [0.717, 1.165) is 0 Å². The Morgan fingerprint density at radius 1 is 1.62 bits per heavy atom. The maximum atomic E-state index is 13.0. The molecule has 0 aromatic carbocycles. The van der Waals surface area contributed by atoms with Crippen molar-refractivity contribution in [2.75, 3.05) is 13.7 Å². The van der Waals surface area contributed by atoms with Crippen LogP contribution in [0, 0.1) is 0 Å². The van der Waals surface area contributed by atoms with Gasteiger partial charge in [-0.05, 0) is 13.8 Å². The zero-order chi connectivity index (χ0) is 10.0. The van der Waals surface area contributed by atoms with E-state index in [-0.39, 0.29) is 24.5 Å². The average Bonchev–Trinajstić information content (AvgIpc) is 2.46. The van der Waals surface area contributed by atoms with Crippen molar-refractivity contribution in [1.82, 2.24) is 4.90 Å². The van der Waals surface area contributed by atoms with Crippen molar-refractivity contribution in [1.29, 1.82) is 0 Å². The van der Waals surface area contributed by atoms with Gasteiger partial charge in [0.25, 0.3) is 0 Å².